The lowest BCUT2D eigenvalue weighted by Gasteiger charge is -2.35. The highest BCUT2D eigenvalue weighted by Crippen LogP contribution is 2.22. The Morgan fingerprint density at radius 1 is 1.50 bits per heavy atom. The van der Waals surface area contributed by atoms with Gasteiger partial charge in [-0.15, -0.1) is 11.6 Å². The maximum Gasteiger partial charge on any atom is 0.335 e. The second-order valence-electron chi connectivity index (χ2n) is 3.91. The van der Waals surface area contributed by atoms with Gasteiger partial charge in [-0.1, -0.05) is 0 Å². The fraction of sp³-hybridized carbons (Fsp3) is 0.700. The number of rotatable bonds is 2. The van der Waals surface area contributed by atoms with Crippen LogP contribution in [-0.4, -0.2) is 54.2 Å². The van der Waals surface area contributed by atoms with Crippen molar-refractivity contribution in [2.45, 2.75) is 11.8 Å². The van der Waals surface area contributed by atoms with Crippen molar-refractivity contribution >= 4 is 17.6 Å². The van der Waals surface area contributed by atoms with E-state index >= 15 is 0 Å². The quantitative estimate of drug-likeness (QED) is 0.683. The molecule has 2 heterocycles. The van der Waals surface area contributed by atoms with E-state index in [0.717, 1.165) is 13.1 Å². The summed E-state index contributed by atoms with van der Waals surface area (Å²) in [6.45, 7) is 3.36. The topological polar surface area (TPSA) is 61.8 Å². The van der Waals surface area contributed by atoms with Gasteiger partial charge in [0, 0.05) is 26.1 Å². The van der Waals surface area contributed by atoms with Gasteiger partial charge in [0.05, 0.1) is 24.2 Å². The number of halogens is 1. The summed E-state index contributed by atoms with van der Waals surface area (Å²) in [5.74, 6) is -0.174. The Kier molecular flexibility index (Phi) is 3.56. The van der Waals surface area contributed by atoms with Gasteiger partial charge in [0.2, 0.25) is 0 Å². The van der Waals surface area contributed by atoms with Crippen LogP contribution in [0.25, 0.3) is 0 Å². The molecule has 0 radical (unpaired) electrons. The summed E-state index contributed by atoms with van der Waals surface area (Å²) in [6, 6.07) is 0. The van der Waals surface area contributed by atoms with E-state index in [4.69, 9.17) is 21.4 Å². The second kappa shape index (κ2) is 4.93. The highest BCUT2D eigenvalue weighted by molar-refractivity contribution is 6.21. The fourth-order valence-corrected chi connectivity index (χ4v) is 2.21. The molecule has 0 aromatic heterocycles. The van der Waals surface area contributed by atoms with Crippen molar-refractivity contribution in [1.82, 2.24) is 10.2 Å². The van der Waals surface area contributed by atoms with Crippen molar-refractivity contribution in [3.63, 3.8) is 0 Å². The Morgan fingerprint density at radius 3 is 2.81 bits per heavy atom. The van der Waals surface area contributed by atoms with Crippen LogP contribution in [0, 0.1) is 0 Å². The van der Waals surface area contributed by atoms with Crippen LogP contribution in [0.15, 0.2) is 11.4 Å². The first-order chi connectivity index (χ1) is 7.68. The van der Waals surface area contributed by atoms with Gasteiger partial charge in [-0.25, -0.2) is 4.79 Å². The van der Waals surface area contributed by atoms with Crippen LogP contribution < -0.4 is 5.32 Å². The molecule has 0 bridgehead atoms. The summed E-state index contributed by atoms with van der Waals surface area (Å²) >= 11 is 5.96. The number of morpholine rings is 1. The first-order valence-electron chi connectivity index (χ1n) is 5.35. The summed E-state index contributed by atoms with van der Waals surface area (Å²) in [6.07, 6.45) is 0.413. The van der Waals surface area contributed by atoms with Gasteiger partial charge in [-0.3, -0.25) is 0 Å². The maximum atomic E-state index is 11.1. The van der Waals surface area contributed by atoms with Gasteiger partial charge in [-0.05, 0) is 0 Å². The smallest absolute Gasteiger partial charge is 0.335 e. The summed E-state index contributed by atoms with van der Waals surface area (Å²) in [4.78, 5) is 13.2. The molecule has 2 N–H and O–H groups in total. The second-order valence-corrected chi connectivity index (χ2v) is 4.53. The van der Waals surface area contributed by atoms with Gasteiger partial charge in [0.25, 0.3) is 0 Å². The Morgan fingerprint density at radius 2 is 2.19 bits per heavy atom. The molecular formula is C10H15ClN2O3. The lowest BCUT2D eigenvalue weighted by atomic mass is 10.1. The van der Waals surface area contributed by atoms with Gasteiger partial charge < -0.3 is 20.1 Å². The summed E-state index contributed by atoms with van der Waals surface area (Å²) in [5, 5.41) is 12.1. The van der Waals surface area contributed by atoms with E-state index in [1.165, 1.54) is 0 Å². The van der Waals surface area contributed by atoms with Crippen LogP contribution in [-0.2, 0) is 9.53 Å². The van der Waals surface area contributed by atoms with Crippen LogP contribution in [0.5, 0.6) is 0 Å². The Bertz CT molecular complexity index is 313. The third kappa shape index (κ3) is 2.41. The van der Waals surface area contributed by atoms with E-state index in [1.807, 2.05) is 4.90 Å². The van der Waals surface area contributed by atoms with E-state index in [-0.39, 0.29) is 5.38 Å². The first kappa shape index (κ1) is 11.5. The van der Waals surface area contributed by atoms with Crippen molar-refractivity contribution in [3.8, 4) is 0 Å². The maximum absolute atomic E-state index is 11.1. The number of nitrogens with zero attached hydrogens (tertiary/aromatic N) is 1. The minimum atomic E-state index is -0.889. The zero-order chi connectivity index (χ0) is 11.5. The molecule has 0 aromatic rings. The van der Waals surface area contributed by atoms with E-state index in [9.17, 15) is 4.79 Å². The third-order valence-electron chi connectivity index (χ3n) is 2.79. The molecule has 2 aliphatic heterocycles. The standard InChI is InChI=1S/C10H15ClN2O3/c11-7-5-8(10(14)15)9(12-6-7)13-1-3-16-4-2-13/h7,12H,1-6H2,(H,14,15). The molecule has 0 aliphatic carbocycles. The predicted octanol–water partition coefficient (Wildman–Crippen LogP) is 0.216. The molecule has 1 unspecified atom stereocenters. The Balaban J connectivity index is 2.19. The van der Waals surface area contributed by atoms with Crippen LogP contribution >= 0.6 is 11.6 Å². The minimum Gasteiger partial charge on any atom is -0.478 e. The normalized spacial score (nSPS) is 26.6. The van der Waals surface area contributed by atoms with E-state index in [0.29, 0.717) is 37.6 Å². The summed E-state index contributed by atoms with van der Waals surface area (Å²) in [7, 11) is 0. The summed E-state index contributed by atoms with van der Waals surface area (Å²) in [5.41, 5.74) is 0.383. The Labute approximate surface area is 99.0 Å². The van der Waals surface area contributed by atoms with Crippen LogP contribution in [0.4, 0.5) is 0 Å². The molecule has 1 fully saturated rings. The average molecular weight is 247 g/mol. The van der Waals surface area contributed by atoms with Gasteiger partial charge in [-0.2, -0.15) is 0 Å². The van der Waals surface area contributed by atoms with E-state index < -0.39 is 5.97 Å². The molecule has 1 atom stereocenters. The SMILES string of the molecule is O=C(O)C1=C(N2CCOCC2)NCC(Cl)C1. The third-order valence-corrected chi connectivity index (χ3v) is 3.10. The average Bonchev–Trinajstić information content (AvgIpc) is 2.30. The fourth-order valence-electron chi connectivity index (χ4n) is 1.98. The molecule has 2 rings (SSSR count). The molecule has 5 nitrogen and oxygen atoms in total. The highest BCUT2D eigenvalue weighted by Gasteiger charge is 2.27. The number of nitrogens with one attached hydrogen (secondary N) is 1. The number of hydrogen-bond donors (Lipinski definition) is 2. The highest BCUT2D eigenvalue weighted by atomic mass is 35.5. The predicted molar refractivity (Wildman–Crippen MR) is 59.3 cm³/mol. The summed E-state index contributed by atoms with van der Waals surface area (Å²) < 4.78 is 5.24. The van der Waals surface area contributed by atoms with Crippen LogP contribution in [0.1, 0.15) is 6.42 Å². The van der Waals surface area contributed by atoms with Gasteiger partial charge in [0.1, 0.15) is 5.82 Å². The number of carbonyl (C=O) groups is 1. The van der Waals surface area contributed by atoms with Crippen molar-refractivity contribution < 1.29 is 14.6 Å². The molecule has 1 saturated heterocycles. The zero-order valence-electron chi connectivity index (χ0n) is 8.91. The van der Waals surface area contributed by atoms with Crippen molar-refractivity contribution in [2.24, 2.45) is 0 Å². The molecule has 16 heavy (non-hydrogen) atoms. The first-order valence-corrected chi connectivity index (χ1v) is 5.79. The number of hydrogen-bond acceptors (Lipinski definition) is 4. The van der Waals surface area contributed by atoms with Crippen molar-refractivity contribution in [2.75, 3.05) is 32.8 Å². The molecule has 0 amide bonds. The van der Waals surface area contributed by atoms with Gasteiger partial charge in [0.15, 0.2) is 0 Å². The minimum absolute atomic E-state index is 0.143. The lowest BCUT2D eigenvalue weighted by Crippen LogP contribution is -2.45. The van der Waals surface area contributed by atoms with E-state index in [2.05, 4.69) is 5.32 Å². The van der Waals surface area contributed by atoms with Crippen molar-refractivity contribution in [3.05, 3.63) is 11.4 Å². The number of ether oxygens (including phenoxy) is 1. The monoisotopic (exact) mass is 246 g/mol. The molecule has 2 aliphatic rings. The molecule has 0 spiro atoms. The van der Waals surface area contributed by atoms with Crippen LogP contribution in [0.2, 0.25) is 0 Å². The Hall–Kier alpha value is -0.940. The van der Waals surface area contributed by atoms with E-state index in [1.54, 1.807) is 0 Å². The lowest BCUT2D eigenvalue weighted by molar-refractivity contribution is -0.133. The van der Waals surface area contributed by atoms with Crippen molar-refractivity contribution in [1.29, 1.82) is 0 Å². The molecule has 0 saturated carbocycles. The molecule has 6 heteroatoms. The number of carboxylic acids is 1. The zero-order valence-corrected chi connectivity index (χ0v) is 9.66. The number of alkyl halides is 1. The molecular weight excluding hydrogens is 232 g/mol. The molecule has 0 aromatic carbocycles. The number of carboxylic acid groups (broad SMARTS) is 1. The van der Waals surface area contributed by atoms with Gasteiger partial charge >= 0.3 is 5.97 Å². The van der Waals surface area contributed by atoms with Crippen LogP contribution in [0.3, 0.4) is 0 Å². The molecule has 90 valence electrons. The number of aliphatic carboxylic acids is 1. The largest absolute Gasteiger partial charge is 0.478 e.